The van der Waals surface area contributed by atoms with Crippen molar-refractivity contribution in [2.75, 3.05) is 5.32 Å². The minimum Gasteiger partial charge on any atom is -0.341 e. The summed E-state index contributed by atoms with van der Waals surface area (Å²) in [5, 5.41) is 2.98. The van der Waals surface area contributed by atoms with Crippen LogP contribution in [0.5, 0.6) is 0 Å². The molecule has 5 atom stereocenters. The molecule has 2 unspecified atom stereocenters. The molecule has 2 bridgehead atoms. The second-order valence-corrected chi connectivity index (χ2v) is 12.3. The van der Waals surface area contributed by atoms with Gasteiger partial charge >= 0.3 is 0 Å². The number of fused-ring (bicyclic) bond motifs is 6. The van der Waals surface area contributed by atoms with Crippen LogP contribution >= 0.6 is 22.6 Å². The van der Waals surface area contributed by atoms with Gasteiger partial charge in [0.15, 0.2) is 11.7 Å². The fraction of sp³-hybridized carbons (Fsp3) is 0.375. The number of hydrogen-bond acceptors (Lipinski definition) is 5. The summed E-state index contributed by atoms with van der Waals surface area (Å²) in [7, 11) is -4.07. The summed E-state index contributed by atoms with van der Waals surface area (Å²) in [5.74, 6) is -2.39. The van der Waals surface area contributed by atoms with E-state index in [1.54, 1.807) is 29.2 Å². The summed E-state index contributed by atoms with van der Waals surface area (Å²) in [6, 6.07) is 10.6. The first-order valence-corrected chi connectivity index (χ1v) is 13.7. The van der Waals surface area contributed by atoms with Crippen LogP contribution < -0.4 is 5.32 Å². The topological polar surface area (TPSA) is 95.9 Å². The number of piperidine rings is 1. The minimum atomic E-state index is -4.07. The van der Waals surface area contributed by atoms with Crippen molar-refractivity contribution >= 4 is 55.8 Å². The lowest BCUT2D eigenvalue weighted by Gasteiger charge is -2.45. The van der Waals surface area contributed by atoms with Gasteiger partial charge in [-0.3, -0.25) is 9.59 Å². The number of anilines is 1. The fourth-order valence-corrected chi connectivity index (χ4v) is 8.12. The van der Waals surface area contributed by atoms with Gasteiger partial charge in [-0.05, 0) is 89.6 Å². The van der Waals surface area contributed by atoms with Gasteiger partial charge in [-0.1, -0.05) is 12.1 Å². The van der Waals surface area contributed by atoms with Gasteiger partial charge in [0.25, 0.3) is 10.0 Å². The van der Waals surface area contributed by atoms with Crippen molar-refractivity contribution in [3.05, 3.63) is 57.4 Å². The van der Waals surface area contributed by atoms with Gasteiger partial charge in [-0.2, -0.15) is 8.42 Å². The largest absolute Gasteiger partial charge is 0.341 e. The molecule has 176 valence electrons. The SMILES string of the molecule is O=C1C(C2=NS(=O)(=O)c3cc(I)ccc3N2)C(=O)N(Cc2ccc(F)cc2)C2[C@@H]3CC[C@@H](C3)[C@@H]12. The Morgan fingerprint density at radius 3 is 2.59 bits per heavy atom. The highest BCUT2D eigenvalue weighted by molar-refractivity contribution is 14.1. The molecular weight excluding hydrogens is 572 g/mol. The van der Waals surface area contributed by atoms with E-state index < -0.39 is 21.8 Å². The highest BCUT2D eigenvalue weighted by Gasteiger charge is 2.60. The van der Waals surface area contributed by atoms with Gasteiger partial charge in [0.1, 0.15) is 16.5 Å². The number of benzene rings is 2. The van der Waals surface area contributed by atoms with Crippen molar-refractivity contribution < 1.29 is 22.4 Å². The normalized spacial score (nSPS) is 31.1. The lowest BCUT2D eigenvalue weighted by atomic mass is 9.73. The van der Waals surface area contributed by atoms with E-state index in [0.717, 1.165) is 28.4 Å². The molecule has 0 aromatic heterocycles. The molecule has 0 radical (unpaired) electrons. The zero-order valence-electron chi connectivity index (χ0n) is 17.9. The van der Waals surface area contributed by atoms with Crippen LogP contribution in [0.1, 0.15) is 24.8 Å². The molecule has 1 N–H and O–H groups in total. The molecule has 34 heavy (non-hydrogen) atoms. The van der Waals surface area contributed by atoms with Crippen LogP contribution in [0.25, 0.3) is 0 Å². The quantitative estimate of drug-likeness (QED) is 0.434. The van der Waals surface area contributed by atoms with E-state index in [2.05, 4.69) is 9.71 Å². The summed E-state index contributed by atoms with van der Waals surface area (Å²) in [6.07, 6.45) is 2.79. The van der Waals surface area contributed by atoms with Crippen molar-refractivity contribution in [2.45, 2.75) is 36.7 Å². The van der Waals surface area contributed by atoms with Crippen LogP contribution in [0.15, 0.2) is 51.8 Å². The molecule has 2 aromatic rings. The third-order valence-corrected chi connectivity index (χ3v) is 9.62. The first-order chi connectivity index (χ1) is 16.2. The molecule has 2 heterocycles. The molecule has 6 rings (SSSR count). The highest BCUT2D eigenvalue weighted by Crippen LogP contribution is 2.54. The fourth-order valence-electron chi connectivity index (χ4n) is 6.24. The van der Waals surface area contributed by atoms with Crippen molar-refractivity contribution in [1.29, 1.82) is 0 Å². The minimum absolute atomic E-state index is 0.0276. The van der Waals surface area contributed by atoms with E-state index in [1.807, 2.05) is 22.6 Å². The number of hydrogen-bond donors (Lipinski definition) is 1. The van der Waals surface area contributed by atoms with Crippen LogP contribution in [0.3, 0.4) is 0 Å². The molecule has 1 amide bonds. The van der Waals surface area contributed by atoms with Crippen LogP contribution in [0.2, 0.25) is 0 Å². The number of sulfonamides is 1. The molecule has 3 fully saturated rings. The summed E-state index contributed by atoms with van der Waals surface area (Å²) < 4.78 is 44.0. The van der Waals surface area contributed by atoms with E-state index >= 15 is 0 Å². The maximum absolute atomic E-state index is 13.8. The molecule has 10 heteroatoms. The number of amidine groups is 1. The number of Topliss-reactive ketones (excluding diaryl/α,β-unsaturated/α-hetero) is 1. The van der Waals surface area contributed by atoms with Gasteiger partial charge < -0.3 is 10.2 Å². The number of carbonyl (C=O) groups is 2. The number of amides is 1. The third-order valence-electron chi connectivity index (χ3n) is 7.62. The average Bonchev–Trinajstić information content (AvgIpc) is 3.40. The Labute approximate surface area is 210 Å². The van der Waals surface area contributed by atoms with E-state index in [9.17, 15) is 22.4 Å². The van der Waals surface area contributed by atoms with Crippen LogP contribution in [0.4, 0.5) is 10.1 Å². The van der Waals surface area contributed by atoms with Crippen molar-refractivity contribution in [1.82, 2.24) is 4.90 Å². The zero-order chi connectivity index (χ0) is 23.8. The maximum atomic E-state index is 13.8. The number of rotatable bonds is 3. The highest BCUT2D eigenvalue weighted by atomic mass is 127. The molecule has 2 aliphatic carbocycles. The third kappa shape index (κ3) is 3.40. The number of nitrogens with one attached hydrogen (secondary N) is 1. The van der Waals surface area contributed by atoms with Gasteiger partial charge in [0.05, 0.1) is 5.69 Å². The van der Waals surface area contributed by atoms with E-state index in [-0.39, 0.29) is 52.7 Å². The summed E-state index contributed by atoms with van der Waals surface area (Å²) in [4.78, 5) is 29.3. The molecule has 4 aliphatic rings. The van der Waals surface area contributed by atoms with Gasteiger partial charge in [0.2, 0.25) is 5.91 Å². The van der Waals surface area contributed by atoms with E-state index in [0.29, 0.717) is 5.69 Å². The molecule has 0 spiro atoms. The molecule has 1 saturated heterocycles. The zero-order valence-corrected chi connectivity index (χ0v) is 20.9. The average molecular weight is 593 g/mol. The van der Waals surface area contributed by atoms with Crippen molar-refractivity contribution in [3.8, 4) is 0 Å². The Kier molecular flexibility index (Phi) is 5.11. The maximum Gasteiger partial charge on any atom is 0.286 e. The second-order valence-electron chi connectivity index (χ2n) is 9.49. The Hall–Kier alpha value is -2.34. The standard InChI is InChI=1S/C24H21FIN3O4S/c25-15-5-1-12(2-6-15)11-29-21-14-4-3-13(9-14)19(21)22(30)20(24(29)31)23-27-17-8-7-16(26)10-18(17)34(32,33)28-23/h1-2,5-8,10,13-14,19-21H,3-4,9,11H2,(H,27,28)/t13-,14+,19+,20?,21?/m0/s1. The van der Waals surface area contributed by atoms with Gasteiger partial charge in [-0.15, -0.1) is 4.40 Å². The summed E-state index contributed by atoms with van der Waals surface area (Å²) in [5.41, 5.74) is 1.07. The molecule has 2 aromatic carbocycles. The number of likely N-dealkylation sites (tertiary alicyclic amines) is 1. The van der Waals surface area contributed by atoms with Crippen molar-refractivity contribution in [2.24, 2.45) is 28.1 Å². The lowest BCUT2D eigenvalue weighted by Crippen LogP contribution is -2.61. The predicted molar refractivity (Wildman–Crippen MR) is 131 cm³/mol. The Bertz CT molecular complexity index is 1360. The number of carbonyl (C=O) groups excluding carboxylic acids is 2. The van der Waals surface area contributed by atoms with Crippen LogP contribution in [-0.4, -0.2) is 36.9 Å². The smallest absolute Gasteiger partial charge is 0.286 e. The first-order valence-electron chi connectivity index (χ1n) is 11.2. The van der Waals surface area contributed by atoms with Crippen LogP contribution in [-0.2, 0) is 26.2 Å². The van der Waals surface area contributed by atoms with Gasteiger partial charge in [0, 0.05) is 22.1 Å². The summed E-state index contributed by atoms with van der Waals surface area (Å²) >= 11 is 2.02. The first kappa shape index (κ1) is 22.1. The lowest BCUT2D eigenvalue weighted by molar-refractivity contribution is -0.153. The molecule has 2 aliphatic heterocycles. The predicted octanol–water partition coefficient (Wildman–Crippen LogP) is 3.59. The van der Waals surface area contributed by atoms with E-state index in [4.69, 9.17) is 0 Å². The monoisotopic (exact) mass is 593 g/mol. The van der Waals surface area contributed by atoms with E-state index in [1.165, 1.54) is 18.2 Å². The molecular formula is C24H21FIN3O4S. The number of ketones is 1. The Morgan fingerprint density at radius 1 is 1.09 bits per heavy atom. The van der Waals surface area contributed by atoms with Crippen molar-refractivity contribution in [3.63, 3.8) is 0 Å². The van der Waals surface area contributed by atoms with Crippen LogP contribution in [0, 0.1) is 33.1 Å². The molecule has 7 nitrogen and oxygen atoms in total. The Morgan fingerprint density at radius 2 is 1.82 bits per heavy atom. The molecule has 2 saturated carbocycles. The number of halogens is 2. The summed E-state index contributed by atoms with van der Waals surface area (Å²) in [6.45, 7) is 0.238. The Balaban J connectivity index is 1.41. The second kappa shape index (κ2) is 7.84. The number of nitrogens with zero attached hydrogens (tertiary/aromatic N) is 2. The van der Waals surface area contributed by atoms with Gasteiger partial charge in [-0.25, -0.2) is 4.39 Å².